The van der Waals surface area contributed by atoms with Gasteiger partial charge in [0.2, 0.25) is 0 Å². The van der Waals surface area contributed by atoms with Crippen molar-refractivity contribution in [1.82, 2.24) is 5.32 Å². The summed E-state index contributed by atoms with van der Waals surface area (Å²) in [6, 6.07) is 14.2. The molecule has 4 aliphatic carbocycles. The highest BCUT2D eigenvalue weighted by Crippen LogP contribution is 2.66. The molecule has 4 saturated carbocycles. The molecule has 0 heterocycles. The van der Waals surface area contributed by atoms with E-state index in [1.54, 1.807) is 0 Å². The van der Waals surface area contributed by atoms with Gasteiger partial charge >= 0.3 is 0 Å². The number of halogens is 2. The van der Waals surface area contributed by atoms with Gasteiger partial charge in [0.1, 0.15) is 12.4 Å². The minimum absolute atomic E-state index is 0.290. The van der Waals surface area contributed by atoms with E-state index >= 15 is 0 Å². The average Bonchev–Trinajstić information content (AvgIpc) is 2.64. The summed E-state index contributed by atoms with van der Waals surface area (Å²) >= 11 is 9.66. The van der Waals surface area contributed by atoms with E-state index in [4.69, 9.17) is 16.3 Å². The Morgan fingerprint density at radius 2 is 1.70 bits per heavy atom. The van der Waals surface area contributed by atoms with Gasteiger partial charge in [-0.1, -0.05) is 53.5 Å². The van der Waals surface area contributed by atoms with Crippen molar-refractivity contribution in [3.05, 3.63) is 63.1 Å². The van der Waals surface area contributed by atoms with Crippen molar-refractivity contribution >= 4 is 27.5 Å². The zero-order chi connectivity index (χ0) is 21.0. The van der Waals surface area contributed by atoms with Crippen LogP contribution in [0.15, 0.2) is 46.9 Å². The fraction of sp³-hybridized carbons (Fsp3) is 0.538. The summed E-state index contributed by atoms with van der Waals surface area (Å²) in [6.07, 6.45) is 8.25. The lowest BCUT2D eigenvalue weighted by Crippen LogP contribution is -2.63. The Morgan fingerprint density at radius 3 is 2.37 bits per heavy atom. The minimum Gasteiger partial charge on any atom is -0.489 e. The van der Waals surface area contributed by atoms with Gasteiger partial charge < -0.3 is 10.1 Å². The molecule has 0 aliphatic heterocycles. The molecule has 2 atom stereocenters. The fourth-order valence-corrected chi connectivity index (χ4v) is 8.03. The van der Waals surface area contributed by atoms with E-state index in [9.17, 15) is 0 Å². The lowest BCUT2D eigenvalue weighted by atomic mass is 9.43. The summed E-state index contributed by atoms with van der Waals surface area (Å²) in [7, 11) is 0. The van der Waals surface area contributed by atoms with Crippen LogP contribution >= 0.6 is 27.5 Å². The molecule has 0 saturated heterocycles. The Labute approximate surface area is 193 Å². The number of hydrogen-bond acceptors (Lipinski definition) is 2. The quantitative estimate of drug-likeness (QED) is 0.454. The van der Waals surface area contributed by atoms with Crippen molar-refractivity contribution in [3.8, 4) is 5.75 Å². The lowest BCUT2D eigenvalue weighted by Gasteiger charge is -2.65. The minimum atomic E-state index is 0.290. The molecule has 0 radical (unpaired) electrons. The molecule has 0 aromatic heterocycles. The first-order chi connectivity index (χ1) is 14.2. The van der Waals surface area contributed by atoms with Crippen LogP contribution in [0.2, 0.25) is 5.02 Å². The molecule has 2 unspecified atom stereocenters. The van der Waals surface area contributed by atoms with Crippen molar-refractivity contribution < 1.29 is 4.74 Å². The van der Waals surface area contributed by atoms with Gasteiger partial charge in [0.15, 0.2) is 0 Å². The van der Waals surface area contributed by atoms with Gasteiger partial charge in [0.05, 0.1) is 0 Å². The second-order valence-electron chi connectivity index (χ2n) is 10.9. The van der Waals surface area contributed by atoms with E-state index in [-0.39, 0.29) is 0 Å². The summed E-state index contributed by atoms with van der Waals surface area (Å²) in [5.41, 5.74) is 3.68. The van der Waals surface area contributed by atoms with Crippen LogP contribution in [0.4, 0.5) is 0 Å². The SMILES string of the molecule is CC12CC3CC(C)(C1)CC(NCc1cc(Br)ccc1OCc1ccc(Cl)cc1)(C3)C2. The smallest absolute Gasteiger partial charge is 0.124 e. The Morgan fingerprint density at radius 1 is 1.00 bits per heavy atom. The third-order valence-corrected chi connectivity index (χ3v) is 8.36. The monoisotopic (exact) mass is 487 g/mol. The van der Waals surface area contributed by atoms with Gasteiger partial charge in [-0.25, -0.2) is 0 Å². The first-order valence-electron chi connectivity index (χ1n) is 11.1. The van der Waals surface area contributed by atoms with Crippen LogP contribution in [-0.4, -0.2) is 5.54 Å². The molecule has 160 valence electrons. The molecule has 4 heteroatoms. The third-order valence-electron chi connectivity index (χ3n) is 7.61. The number of rotatable bonds is 6. The maximum Gasteiger partial charge on any atom is 0.124 e. The molecule has 1 N–H and O–H groups in total. The van der Waals surface area contributed by atoms with Crippen LogP contribution in [-0.2, 0) is 13.2 Å². The molecule has 0 spiro atoms. The molecule has 4 bridgehead atoms. The summed E-state index contributed by atoms with van der Waals surface area (Å²) < 4.78 is 7.32. The van der Waals surface area contributed by atoms with E-state index in [0.29, 0.717) is 23.0 Å². The zero-order valence-electron chi connectivity index (χ0n) is 17.9. The van der Waals surface area contributed by atoms with Crippen molar-refractivity contribution in [3.63, 3.8) is 0 Å². The van der Waals surface area contributed by atoms with Crippen molar-refractivity contribution in [2.24, 2.45) is 16.7 Å². The van der Waals surface area contributed by atoms with E-state index < -0.39 is 0 Å². The van der Waals surface area contributed by atoms with Crippen LogP contribution in [0.5, 0.6) is 5.75 Å². The Hall–Kier alpha value is -1.03. The first kappa shape index (κ1) is 20.8. The predicted molar refractivity (Wildman–Crippen MR) is 127 cm³/mol. The molecule has 4 fully saturated rings. The van der Waals surface area contributed by atoms with Crippen LogP contribution < -0.4 is 10.1 Å². The molecule has 2 aromatic rings. The Bertz CT molecular complexity index is 925. The van der Waals surface area contributed by atoms with Gasteiger partial charge in [0.25, 0.3) is 0 Å². The van der Waals surface area contributed by atoms with Gasteiger partial charge in [-0.15, -0.1) is 0 Å². The van der Waals surface area contributed by atoms with Crippen molar-refractivity contribution in [2.45, 2.75) is 71.1 Å². The average molecular weight is 489 g/mol. The van der Waals surface area contributed by atoms with Crippen LogP contribution in [0.25, 0.3) is 0 Å². The number of nitrogens with one attached hydrogen (secondary N) is 1. The molecule has 6 rings (SSSR count). The first-order valence-corrected chi connectivity index (χ1v) is 12.3. The number of benzene rings is 2. The lowest BCUT2D eigenvalue weighted by molar-refractivity contribution is -0.118. The second kappa shape index (κ2) is 7.53. The molecule has 4 aliphatic rings. The number of ether oxygens (including phenoxy) is 1. The summed E-state index contributed by atoms with van der Waals surface area (Å²) in [5.74, 6) is 1.86. The zero-order valence-corrected chi connectivity index (χ0v) is 20.3. The Kier molecular flexibility index (Phi) is 5.24. The molecule has 2 aromatic carbocycles. The maximum atomic E-state index is 6.23. The van der Waals surface area contributed by atoms with E-state index in [1.807, 2.05) is 24.3 Å². The van der Waals surface area contributed by atoms with Crippen LogP contribution in [0.3, 0.4) is 0 Å². The topological polar surface area (TPSA) is 21.3 Å². The molecule has 0 amide bonds. The van der Waals surface area contributed by atoms with Gasteiger partial charge in [-0.2, -0.15) is 0 Å². The van der Waals surface area contributed by atoms with Gasteiger partial charge in [-0.05, 0) is 91.2 Å². The number of hydrogen-bond donors (Lipinski definition) is 1. The third kappa shape index (κ3) is 4.18. The standard InChI is InChI=1S/C26H31BrClNO/c1-24-10-19-11-25(2,15-24)17-26(12-19,16-24)29-13-20-9-21(27)5-8-23(20)30-14-18-3-6-22(28)7-4-18/h3-9,19,29H,10-17H2,1-2H3. The molecule has 30 heavy (non-hydrogen) atoms. The van der Waals surface area contributed by atoms with Crippen LogP contribution in [0, 0.1) is 16.7 Å². The van der Waals surface area contributed by atoms with Crippen molar-refractivity contribution in [1.29, 1.82) is 0 Å². The highest BCUT2D eigenvalue weighted by Gasteiger charge is 2.59. The largest absolute Gasteiger partial charge is 0.489 e. The highest BCUT2D eigenvalue weighted by atomic mass is 79.9. The normalized spacial score (nSPS) is 34.3. The maximum absolute atomic E-state index is 6.23. The molecular weight excluding hydrogens is 458 g/mol. The predicted octanol–water partition coefficient (Wildman–Crippen LogP) is 7.52. The molecular formula is C26H31BrClNO. The van der Waals surface area contributed by atoms with E-state index in [0.717, 1.165) is 33.3 Å². The van der Waals surface area contributed by atoms with Gasteiger partial charge in [0, 0.05) is 27.1 Å². The molecule has 2 nitrogen and oxygen atoms in total. The fourth-order valence-electron chi connectivity index (χ4n) is 7.50. The highest BCUT2D eigenvalue weighted by molar-refractivity contribution is 9.10. The second-order valence-corrected chi connectivity index (χ2v) is 12.3. The van der Waals surface area contributed by atoms with Gasteiger partial charge in [-0.3, -0.25) is 0 Å². The summed E-state index contributed by atoms with van der Waals surface area (Å²) in [5, 5.41) is 4.80. The summed E-state index contributed by atoms with van der Waals surface area (Å²) in [6.45, 7) is 6.47. The van der Waals surface area contributed by atoms with Crippen molar-refractivity contribution in [2.75, 3.05) is 0 Å². The summed E-state index contributed by atoms with van der Waals surface area (Å²) in [4.78, 5) is 0. The van der Waals surface area contributed by atoms with E-state index in [1.165, 1.54) is 44.1 Å². The van der Waals surface area contributed by atoms with E-state index in [2.05, 4.69) is 53.3 Å². The Balaban J connectivity index is 1.31. The van der Waals surface area contributed by atoms with Crippen LogP contribution in [0.1, 0.15) is 63.5 Å².